The van der Waals surface area contributed by atoms with Crippen molar-refractivity contribution in [1.82, 2.24) is 0 Å². The number of halogens is 1. The molecule has 2 rings (SSSR count). The third-order valence-corrected chi connectivity index (χ3v) is 3.84. The number of hydrogen-bond donors (Lipinski definition) is 0. The SMILES string of the molecule is Cc1ccc(CC(CCl)CCOc2ccccc2)cc1. The first kappa shape index (κ1) is 14.9. The van der Waals surface area contributed by atoms with Crippen LogP contribution in [0.5, 0.6) is 5.75 Å². The minimum absolute atomic E-state index is 0.461. The summed E-state index contributed by atoms with van der Waals surface area (Å²) in [7, 11) is 0. The van der Waals surface area contributed by atoms with E-state index < -0.39 is 0 Å². The molecule has 0 N–H and O–H groups in total. The second-order valence-corrected chi connectivity index (χ2v) is 5.47. The van der Waals surface area contributed by atoms with Crippen LogP contribution in [-0.4, -0.2) is 12.5 Å². The molecule has 1 nitrogen and oxygen atoms in total. The van der Waals surface area contributed by atoms with Crippen LogP contribution in [0.1, 0.15) is 17.5 Å². The number of alkyl halides is 1. The van der Waals surface area contributed by atoms with Crippen LogP contribution in [0.2, 0.25) is 0 Å². The molecule has 0 saturated carbocycles. The van der Waals surface area contributed by atoms with E-state index in [9.17, 15) is 0 Å². The van der Waals surface area contributed by atoms with Gasteiger partial charge in [-0.05, 0) is 43.4 Å². The summed E-state index contributed by atoms with van der Waals surface area (Å²) in [4.78, 5) is 0. The van der Waals surface area contributed by atoms with Crippen molar-refractivity contribution in [3.05, 3.63) is 65.7 Å². The number of rotatable bonds is 7. The summed E-state index contributed by atoms with van der Waals surface area (Å²) in [6, 6.07) is 18.6. The van der Waals surface area contributed by atoms with E-state index in [0.29, 0.717) is 18.4 Å². The van der Waals surface area contributed by atoms with Gasteiger partial charge in [-0.2, -0.15) is 0 Å². The highest BCUT2D eigenvalue weighted by atomic mass is 35.5. The van der Waals surface area contributed by atoms with Crippen LogP contribution in [-0.2, 0) is 6.42 Å². The molecule has 2 aromatic rings. The topological polar surface area (TPSA) is 9.23 Å². The van der Waals surface area contributed by atoms with Gasteiger partial charge in [-0.1, -0.05) is 48.0 Å². The van der Waals surface area contributed by atoms with Gasteiger partial charge in [0.25, 0.3) is 0 Å². The van der Waals surface area contributed by atoms with Crippen molar-refractivity contribution in [2.24, 2.45) is 5.92 Å². The fourth-order valence-corrected chi connectivity index (χ4v) is 2.41. The average Bonchev–Trinajstić information content (AvgIpc) is 2.49. The Kier molecular flexibility index (Phi) is 5.94. The van der Waals surface area contributed by atoms with Crippen molar-refractivity contribution >= 4 is 11.6 Å². The Morgan fingerprint density at radius 2 is 1.70 bits per heavy atom. The first-order valence-corrected chi connectivity index (χ1v) is 7.60. The standard InChI is InChI=1S/C18H21ClO/c1-15-7-9-16(10-8-15)13-17(14-19)11-12-20-18-5-3-2-4-6-18/h2-10,17H,11-14H2,1H3. The van der Waals surface area contributed by atoms with Crippen LogP contribution in [0, 0.1) is 12.8 Å². The number of aryl methyl sites for hydroxylation is 1. The van der Waals surface area contributed by atoms with Crippen molar-refractivity contribution in [3.63, 3.8) is 0 Å². The summed E-state index contributed by atoms with van der Waals surface area (Å²) in [5.41, 5.74) is 2.64. The first-order chi connectivity index (χ1) is 9.78. The molecule has 0 bridgehead atoms. The highest BCUT2D eigenvalue weighted by molar-refractivity contribution is 6.18. The Morgan fingerprint density at radius 3 is 2.35 bits per heavy atom. The zero-order valence-corrected chi connectivity index (χ0v) is 12.6. The van der Waals surface area contributed by atoms with E-state index in [0.717, 1.165) is 18.6 Å². The van der Waals surface area contributed by atoms with E-state index in [4.69, 9.17) is 16.3 Å². The summed E-state index contributed by atoms with van der Waals surface area (Å²) in [6.07, 6.45) is 1.99. The molecule has 0 aliphatic heterocycles. The average molecular weight is 289 g/mol. The van der Waals surface area contributed by atoms with Crippen LogP contribution in [0.25, 0.3) is 0 Å². The monoisotopic (exact) mass is 288 g/mol. The van der Waals surface area contributed by atoms with Gasteiger partial charge < -0.3 is 4.74 Å². The molecule has 0 aliphatic carbocycles. The summed E-state index contributed by atoms with van der Waals surface area (Å²) in [6.45, 7) is 2.82. The maximum absolute atomic E-state index is 6.07. The largest absolute Gasteiger partial charge is 0.494 e. The molecule has 106 valence electrons. The van der Waals surface area contributed by atoms with E-state index in [2.05, 4.69) is 31.2 Å². The van der Waals surface area contributed by atoms with Gasteiger partial charge in [0.2, 0.25) is 0 Å². The molecular formula is C18H21ClO. The van der Waals surface area contributed by atoms with Crippen molar-refractivity contribution in [2.75, 3.05) is 12.5 Å². The van der Waals surface area contributed by atoms with E-state index >= 15 is 0 Å². The molecule has 0 heterocycles. The lowest BCUT2D eigenvalue weighted by atomic mass is 9.97. The Labute approximate surface area is 126 Å². The maximum atomic E-state index is 6.07. The third-order valence-electron chi connectivity index (χ3n) is 3.40. The molecule has 0 amide bonds. The van der Waals surface area contributed by atoms with Crippen LogP contribution in [0.3, 0.4) is 0 Å². The first-order valence-electron chi connectivity index (χ1n) is 7.07. The smallest absolute Gasteiger partial charge is 0.119 e. The fourth-order valence-electron chi connectivity index (χ4n) is 2.15. The van der Waals surface area contributed by atoms with Gasteiger partial charge in [0.15, 0.2) is 0 Å². The van der Waals surface area contributed by atoms with Gasteiger partial charge in [-0.25, -0.2) is 0 Å². The Balaban J connectivity index is 1.79. The highest BCUT2D eigenvalue weighted by Crippen LogP contribution is 2.16. The van der Waals surface area contributed by atoms with Crippen LogP contribution >= 0.6 is 11.6 Å². The second-order valence-electron chi connectivity index (χ2n) is 5.16. The lowest BCUT2D eigenvalue weighted by molar-refractivity contribution is 0.284. The van der Waals surface area contributed by atoms with Crippen LogP contribution < -0.4 is 4.74 Å². The van der Waals surface area contributed by atoms with Gasteiger partial charge >= 0.3 is 0 Å². The molecule has 2 heteroatoms. The molecule has 0 spiro atoms. The molecule has 1 atom stereocenters. The summed E-state index contributed by atoms with van der Waals surface area (Å²) >= 11 is 6.07. The van der Waals surface area contributed by atoms with Gasteiger partial charge in [0.05, 0.1) is 6.61 Å². The molecule has 0 fully saturated rings. The van der Waals surface area contributed by atoms with Gasteiger partial charge in [0.1, 0.15) is 5.75 Å². The van der Waals surface area contributed by atoms with Crippen molar-refractivity contribution in [2.45, 2.75) is 19.8 Å². The summed E-state index contributed by atoms with van der Waals surface area (Å²) < 4.78 is 5.74. The van der Waals surface area contributed by atoms with Gasteiger partial charge in [0, 0.05) is 5.88 Å². The van der Waals surface area contributed by atoms with Crippen molar-refractivity contribution in [1.29, 1.82) is 0 Å². The normalized spacial score (nSPS) is 12.1. The molecule has 20 heavy (non-hydrogen) atoms. The van der Waals surface area contributed by atoms with Crippen molar-refractivity contribution < 1.29 is 4.74 Å². The minimum Gasteiger partial charge on any atom is -0.494 e. The Morgan fingerprint density at radius 1 is 1.00 bits per heavy atom. The zero-order chi connectivity index (χ0) is 14.2. The lowest BCUT2D eigenvalue weighted by Gasteiger charge is -2.14. The second kappa shape index (κ2) is 7.96. The zero-order valence-electron chi connectivity index (χ0n) is 11.9. The molecule has 0 radical (unpaired) electrons. The lowest BCUT2D eigenvalue weighted by Crippen LogP contribution is -2.11. The molecule has 1 unspecified atom stereocenters. The summed E-state index contributed by atoms with van der Waals surface area (Å²) in [5.74, 6) is 2.06. The van der Waals surface area contributed by atoms with Gasteiger partial charge in [-0.3, -0.25) is 0 Å². The number of benzene rings is 2. The highest BCUT2D eigenvalue weighted by Gasteiger charge is 2.09. The van der Waals surface area contributed by atoms with Gasteiger partial charge in [-0.15, -0.1) is 11.6 Å². The van der Waals surface area contributed by atoms with E-state index in [-0.39, 0.29) is 0 Å². The Hall–Kier alpha value is -1.47. The number of para-hydroxylation sites is 1. The van der Waals surface area contributed by atoms with Crippen LogP contribution in [0.15, 0.2) is 54.6 Å². The third kappa shape index (κ3) is 4.90. The van der Waals surface area contributed by atoms with E-state index in [1.165, 1.54) is 11.1 Å². The number of hydrogen-bond acceptors (Lipinski definition) is 1. The molecule has 2 aromatic carbocycles. The fraction of sp³-hybridized carbons (Fsp3) is 0.333. The van der Waals surface area contributed by atoms with E-state index in [1.807, 2.05) is 30.3 Å². The maximum Gasteiger partial charge on any atom is 0.119 e. The predicted octanol–water partition coefficient (Wildman–Crippen LogP) is 4.86. The molecule has 0 aliphatic rings. The number of ether oxygens (including phenoxy) is 1. The predicted molar refractivity (Wildman–Crippen MR) is 85.6 cm³/mol. The molecular weight excluding hydrogens is 268 g/mol. The van der Waals surface area contributed by atoms with E-state index in [1.54, 1.807) is 0 Å². The van der Waals surface area contributed by atoms with Crippen LogP contribution in [0.4, 0.5) is 0 Å². The minimum atomic E-state index is 0.461. The van der Waals surface area contributed by atoms with Crippen molar-refractivity contribution in [3.8, 4) is 5.75 Å². The molecule has 0 saturated heterocycles. The quantitative estimate of drug-likeness (QED) is 0.661. The summed E-state index contributed by atoms with van der Waals surface area (Å²) in [5, 5.41) is 0. The molecule has 0 aromatic heterocycles. The Bertz CT molecular complexity index is 493.